The molecular formula is C15H18N2O2S2. The molecule has 0 unspecified atom stereocenters. The summed E-state index contributed by atoms with van der Waals surface area (Å²) in [5, 5.41) is 2.03. The Kier molecular flexibility index (Phi) is 3.88. The first-order valence-corrected chi connectivity index (χ1v) is 9.20. The molecule has 1 aliphatic heterocycles. The van der Waals surface area contributed by atoms with Gasteiger partial charge in [-0.2, -0.15) is 4.31 Å². The Morgan fingerprint density at radius 2 is 2.14 bits per heavy atom. The number of nitrogens with zero attached hydrogens (tertiary/aromatic N) is 1. The van der Waals surface area contributed by atoms with Gasteiger partial charge >= 0.3 is 0 Å². The molecule has 0 aliphatic carbocycles. The van der Waals surface area contributed by atoms with Crippen molar-refractivity contribution in [2.75, 3.05) is 6.54 Å². The standard InChI is InChI=1S/C15H18N2O2S2/c1-11-12(9-16)3-2-4-15(11)21(18,19)17-7-5-14-13(10-17)6-8-20-14/h2-4,6,8H,5,7,9-10,16H2,1H3. The van der Waals surface area contributed by atoms with E-state index in [1.807, 2.05) is 24.4 Å². The molecule has 0 fully saturated rings. The third kappa shape index (κ3) is 2.53. The molecule has 112 valence electrons. The molecular weight excluding hydrogens is 304 g/mol. The molecule has 0 saturated carbocycles. The van der Waals surface area contributed by atoms with Crippen LogP contribution in [0.1, 0.15) is 21.6 Å². The van der Waals surface area contributed by atoms with Crippen LogP contribution in [0.2, 0.25) is 0 Å². The van der Waals surface area contributed by atoms with Crippen LogP contribution in [-0.2, 0) is 29.5 Å². The number of hydrogen-bond acceptors (Lipinski definition) is 4. The van der Waals surface area contributed by atoms with Crippen LogP contribution < -0.4 is 5.73 Å². The first-order chi connectivity index (χ1) is 10.0. The first kappa shape index (κ1) is 14.7. The van der Waals surface area contributed by atoms with Gasteiger partial charge in [0.25, 0.3) is 0 Å². The van der Waals surface area contributed by atoms with E-state index in [2.05, 4.69) is 0 Å². The van der Waals surface area contributed by atoms with Gasteiger partial charge in [0.05, 0.1) is 4.90 Å². The number of thiophene rings is 1. The van der Waals surface area contributed by atoms with Crippen LogP contribution in [0.4, 0.5) is 0 Å². The zero-order valence-electron chi connectivity index (χ0n) is 11.9. The highest BCUT2D eigenvalue weighted by Crippen LogP contribution is 2.29. The highest BCUT2D eigenvalue weighted by Gasteiger charge is 2.30. The van der Waals surface area contributed by atoms with E-state index in [0.29, 0.717) is 24.5 Å². The summed E-state index contributed by atoms with van der Waals surface area (Å²) in [6.07, 6.45) is 0.794. The second kappa shape index (κ2) is 5.53. The maximum Gasteiger partial charge on any atom is 0.243 e. The van der Waals surface area contributed by atoms with Crippen LogP contribution in [0.5, 0.6) is 0 Å². The van der Waals surface area contributed by atoms with Crippen LogP contribution in [0.25, 0.3) is 0 Å². The first-order valence-electron chi connectivity index (χ1n) is 6.88. The molecule has 6 heteroatoms. The minimum atomic E-state index is -3.46. The van der Waals surface area contributed by atoms with Gasteiger partial charge in [0.2, 0.25) is 10.0 Å². The summed E-state index contributed by atoms with van der Waals surface area (Å²) in [7, 11) is -3.46. The largest absolute Gasteiger partial charge is 0.326 e. The molecule has 1 aromatic heterocycles. The van der Waals surface area contributed by atoms with E-state index in [1.54, 1.807) is 27.8 Å². The van der Waals surface area contributed by atoms with Crippen LogP contribution in [0.3, 0.4) is 0 Å². The minimum Gasteiger partial charge on any atom is -0.326 e. The summed E-state index contributed by atoms with van der Waals surface area (Å²) in [5.41, 5.74) is 8.45. The van der Waals surface area contributed by atoms with E-state index in [9.17, 15) is 8.42 Å². The predicted octanol–water partition coefficient (Wildman–Crippen LogP) is 2.26. The number of fused-ring (bicyclic) bond motifs is 1. The van der Waals surface area contributed by atoms with Crippen molar-refractivity contribution < 1.29 is 8.42 Å². The second-order valence-electron chi connectivity index (χ2n) is 5.20. The Morgan fingerprint density at radius 1 is 1.33 bits per heavy atom. The van der Waals surface area contributed by atoms with E-state index >= 15 is 0 Å². The lowest BCUT2D eigenvalue weighted by atomic mass is 10.1. The smallest absolute Gasteiger partial charge is 0.243 e. The summed E-state index contributed by atoms with van der Waals surface area (Å²) >= 11 is 1.71. The molecule has 0 spiro atoms. The number of sulfonamides is 1. The molecule has 2 aromatic rings. The van der Waals surface area contributed by atoms with E-state index in [1.165, 1.54) is 4.88 Å². The lowest BCUT2D eigenvalue weighted by Gasteiger charge is -2.27. The number of rotatable bonds is 3. The Balaban J connectivity index is 1.99. The lowest BCUT2D eigenvalue weighted by Crippen LogP contribution is -2.35. The average molecular weight is 322 g/mol. The van der Waals surface area contributed by atoms with Crippen molar-refractivity contribution >= 4 is 21.4 Å². The molecule has 4 nitrogen and oxygen atoms in total. The Bertz CT molecular complexity index is 766. The quantitative estimate of drug-likeness (QED) is 0.943. The van der Waals surface area contributed by atoms with Crippen molar-refractivity contribution in [3.63, 3.8) is 0 Å². The molecule has 2 N–H and O–H groups in total. The molecule has 0 amide bonds. The van der Waals surface area contributed by atoms with Crippen LogP contribution in [-0.4, -0.2) is 19.3 Å². The van der Waals surface area contributed by atoms with Crippen LogP contribution in [0, 0.1) is 6.92 Å². The van der Waals surface area contributed by atoms with Gasteiger partial charge in [0, 0.05) is 24.5 Å². The second-order valence-corrected chi connectivity index (χ2v) is 8.11. The number of hydrogen-bond donors (Lipinski definition) is 1. The van der Waals surface area contributed by atoms with Gasteiger partial charge in [-0.3, -0.25) is 0 Å². The van der Waals surface area contributed by atoms with Crippen molar-refractivity contribution in [3.05, 3.63) is 51.2 Å². The molecule has 3 rings (SSSR count). The van der Waals surface area contributed by atoms with Crippen molar-refractivity contribution in [1.82, 2.24) is 4.31 Å². The van der Waals surface area contributed by atoms with Gasteiger partial charge < -0.3 is 5.73 Å². The molecule has 1 aromatic carbocycles. The molecule has 0 radical (unpaired) electrons. The molecule has 21 heavy (non-hydrogen) atoms. The highest BCUT2D eigenvalue weighted by molar-refractivity contribution is 7.89. The van der Waals surface area contributed by atoms with E-state index in [4.69, 9.17) is 5.73 Å². The Morgan fingerprint density at radius 3 is 2.90 bits per heavy atom. The average Bonchev–Trinajstić information content (AvgIpc) is 2.94. The van der Waals surface area contributed by atoms with Gasteiger partial charge in [-0.15, -0.1) is 11.3 Å². The lowest BCUT2D eigenvalue weighted by molar-refractivity contribution is 0.394. The van der Waals surface area contributed by atoms with Gasteiger partial charge in [-0.05, 0) is 47.5 Å². The van der Waals surface area contributed by atoms with E-state index < -0.39 is 10.0 Å². The molecule has 0 atom stereocenters. The summed E-state index contributed by atoms with van der Waals surface area (Å²) in [6.45, 7) is 3.19. The summed E-state index contributed by atoms with van der Waals surface area (Å²) in [6, 6.07) is 7.33. The summed E-state index contributed by atoms with van der Waals surface area (Å²) < 4.78 is 27.4. The van der Waals surface area contributed by atoms with Crippen LogP contribution >= 0.6 is 11.3 Å². The van der Waals surface area contributed by atoms with Gasteiger partial charge in [-0.25, -0.2) is 8.42 Å². The normalized spacial score (nSPS) is 15.9. The van der Waals surface area contributed by atoms with E-state index in [0.717, 1.165) is 23.1 Å². The van der Waals surface area contributed by atoms with Crippen molar-refractivity contribution in [2.45, 2.75) is 31.3 Å². The molecule has 1 aliphatic rings. The molecule has 2 heterocycles. The Labute approximate surface area is 129 Å². The zero-order chi connectivity index (χ0) is 15.0. The van der Waals surface area contributed by atoms with Gasteiger partial charge in [0.15, 0.2) is 0 Å². The fraction of sp³-hybridized carbons (Fsp3) is 0.333. The van der Waals surface area contributed by atoms with Crippen LogP contribution in [0.15, 0.2) is 34.5 Å². The SMILES string of the molecule is Cc1c(CN)cccc1S(=O)(=O)N1CCc2sccc2C1. The fourth-order valence-corrected chi connectivity index (χ4v) is 5.30. The highest BCUT2D eigenvalue weighted by atomic mass is 32.2. The predicted molar refractivity (Wildman–Crippen MR) is 84.7 cm³/mol. The Hall–Kier alpha value is -1.21. The minimum absolute atomic E-state index is 0.351. The van der Waals surface area contributed by atoms with Gasteiger partial charge in [-0.1, -0.05) is 12.1 Å². The number of nitrogens with two attached hydrogens (primary N) is 1. The number of benzene rings is 1. The third-order valence-corrected chi connectivity index (χ3v) is 7.02. The van der Waals surface area contributed by atoms with E-state index in [-0.39, 0.29) is 0 Å². The summed E-state index contributed by atoms with van der Waals surface area (Å²) in [4.78, 5) is 1.68. The molecule has 0 saturated heterocycles. The monoisotopic (exact) mass is 322 g/mol. The maximum atomic E-state index is 12.9. The van der Waals surface area contributed by atoms with Crippen molar-refractivity contribution in [3.8, 4) is 0 Å². The molecule has 0 bridgehead atoms. The third-order valence-electron chi connectivity index (χ3n) is 4.01. The topological polar surface area (TPSA) is 63.4 Å². The summed E-state index contributed by atoms with van der Waals surface area (Å²) in [5.74, 6) is 0. The van der Waals surface area contributed by atoms with Crippen molar-refractivity contribution in [2.24, 2.45) is 5.73 Å². The van der Waals surface area contributed by atoms with Gasteiger partial charge in [0.1, 0.15) is 0 Å². The zero-order valence-corrected chi connectivity index (χ0v) is 13.5. The fourth-order valence-electron chi connectivity index (χ4n) is 2.73. The maximum absolute atomic E-state index is 12.9. The van der Waals surface area contributed by atoms with Crippen molar-refractivity contribution in [1.29, 1.82) is 0 Å².